The van der Waals surface area contributed by atoms with Crippen LogP contribution >= 0.6 is 0 Å². The standard InChI is InChI=1S/C13H22N2O4SSi/c1-13(2,3)21(5,6)15-20(17,18)11-9-14-8-7-10(11)12(16)19-4/h7-9,15H,1-6H3. The van der Waals surface area contributed by atoms with E-state index in [-0.39, 0.29) is 15.5 Å². The topological polar surface area (TPSA) is 85.4 Å². The number of ether oxygens (including phenoxy) is 1. The lowest BCUT2D eigenvalue weighted by Crippen LogP contribution is -2.54. The van der Waals surface area contributed by atoms with Gasteiger partial charge < -0.3 is 4.74 Å². The second-order valence-corrected chi connectivity index (χ2v) is 13.4. The molecule has 0 saturated heterocycles. The van der Waals surface area contributed by atoms with Gasteiger partial charge in [0.1, 0.15) is 13.1 Å². The number of pyridine rings is 1. The van der Waals surface area contributed by atoms with Gasteiger partial charge in [-0.15, -0.1) is 0 Å². The summed E-state index contributed by atoms with van der Waals surface area (Å²) in [5.41, 5.74) is -0.0151. The van der Waals surface area contributed by atoms with Crippen LogP contribution in [0.4, 0.5) is 0 Å². The van der Waals surface area contributed by atoms with Crippen LogP contribution in [-0.2, 0) is 14.8 Å². The average molecular weight is 330 g/mol. The molecule has 21 heavy (non-hydrogen) atoms. The maximum Gasteiger partial charge on any atom is 0.339 e. The number of rotatable bonds is 4. The fourth-order valence-corrected chi connectivity index (χ4v) is 6.41. The summed E-state index contributed by atoms with van der Waals surface area (Å²) < 4.78 is 32.6. The van der Waals surface area contributed by atoms with E-state index in [0.29, 0.717) is 0 Å². The van der Waals surface area contributed by atoms with Crippen molar-refractivity contribution in [3.63, 3.8) is 0 Å². The predicted octanol–water partition coefficient (Wildman–Crippen LogP) is 2.15. The van der Waals surface area contributed by atoms with Crippen molar-refractivity contribution in [1.29, 1.82) is 0 Å². The number of nitrogens with one attached hydrogen (secondary N) is 1. The van der Waals surface area contributed by atoms with E-state index in [2.05, 4.69) is 14.1 Å². The molecule has 0 amide bonds. The third-order valence-corrected chi connectivity index (χ3v) is 11.5. The quantitative estimate of drug-likeness (QED) is 0.675. The van der Waals surface area contributed by atoms with Crippen molar-refractivity contribution >= 4 is 24.2 Å². The summed E-state index contributed by atoms with van der Waals surface area (Å²) in [4.78, 5) is 15.4. The third-order valence-electron chi connectivity index (χ3n) is 3.74. The van der Waals surface area contributed by atoms with Gasteiger partial charge in [0.05, 0.1) is 12.7 Å². The Bertz CT molecular complexity index is 636. The molecule has 0 atom stereocenters. The average Bonchev–Trinajstić information content (AvgIpc) is 2.35. The molecular weight excluding hydrogens is 308 g/mol. The molecule has 6 nitrogen and oxygen atoms in total. The van der Waals surface area contributed by atoms with Crippen molar-refractivity contribution in [2.24, 2.45) is 0 Å². The first-order valence-electron chi connectivity index (χ1n) is 6.49. The summed E-state index contributed by atoms with van der Waals surface area (Å²) in [6.07, 6.45) is 2.53. The van der Waals surface area contributed by atoms with E-state index >= 15 is 0 Å². The lowest BCUT2D eigenvalue weighted by Gasteiger charge is -2.36. The Labute approximate surface area is 127 Å². The van der Waals surface area contributed by atoms with Crippen LogP contribution in [-0.4, -0.2) is 34.7 Å². The highest BCUT2D eigenvalue weighted by Gasteiger charge is 2.40. The minimum Gasteiger partial charge on any atom is -0.465 e. The molecule has 8 heteroatoms. The molecule has 0 aliphatic rings. The molecule has 1 heterocycles. The predicted molar refractivity (Wildman–Crippen MR) is 83.1 cm³/mol. The summed E-state index contributed by atoms with van der Waals surface area (Å²) in [6, 6.07) is 1.34. The van der Waals surface area contributed by atoms with Crippen molar-refractivity contribution < 1.29 is 17.9 Å². The summed E-state index contributed by atoms with van der Waals surface area (Å²) in [5, 5.41) is -0.173. The zero-order valence-corrected chi connectivity index (χ0v) is 15.0. The van der Waals surface area contributed by atoms with Gasteiger partial charge in [0, 0.05) is 12.4 Å². The first kappa shape index (κ1) is 17.8. The van der Waals surface area contributed by atoms with Gasteiger partial charge in [-0.1, -0.05) is 33.9 Å². The fraction of sp³-hybridized carbons (Fsp3) is 0.538. The van der Waals surface area contributed by atoms with E-state index in [1.165, 1.54) is 25.6 Å². The van der Waals surface area contributed by atoms with Crippen LogP contribution in [0, 0.1) is 0 Å². The normalized spacial score (nSPS) is 13.0. The minimum absolute atomic E-state index is 0.0151. The van der Waals surface area contributed by atoms with E-state index in [9.17, 15) is 13.2 Å². The van der Waals surface area contributed by atoms with Gasteiger partial charge in [-0.2, -0.15) is 0 Å². The second kappa shape index (κ2) is 5.86. The molecule has 0 aromatic carbocycles. The van der Waals surface area contributed by atoms with Gasteiger partial charge in [0.25, 0.3) is 0 Å². The van der Waals surface area contributed by atoms with E-state index in [0.717, 1.165) is 0 Å². The van der Waals surface area contributed by atoms with E-state index in [1.807, 2.05) is 33.9 Å². The summed E-state index contributed by atoms with van der Waals surface area (Å²) in [6.45, 7) is 9.84. The molecular formula is C13H22N2O4SSi. The monoisotopic (exact) mass is 330 g/mol. The van der Waals surface area contributed by atoms with Crippen molar-refractivity contribution in [3.8, 4) is 0 Å². The highest BCUT2D eigenvalue weighted by molar-refractivity contribution is 7.91. The molecule has 1 aromatic heterocycles. The number of aromatic nitrogens is 1. The Kier molecular flexibility index (Phi) is 4.96. The van der Waals surface area contributed by atoms with Gasteiger partial charge in [0.2, 0.25) is 10.0 Å². The Morgan fingerprint density at radius 2 is 1.90 bits per heavy atom. The van der Waals surface area contributed by atoms with Gasteiger partial charge in [-0.05, 0) is 11.1 Å². The second-order valence-electron chi connectivity index (χ2n) is 6.34. The summed E-state index contributed by atoms with van der Waals surface area (Å²) in [7, 11) is -4.94. The van der Waals surface area contributed by atoms with Crippen molar-refractivity contribution in [2.45, 2.75) is 43.8 Å². The zero-order valence-electron chi connectivity index (χ0n) is 13.2. The molecule has 0 unspecified atom stereocenters. The first-order valence-corrected chi connectivity index (χ1v) is 11.0. The number of hydrogen-bond acceptors (Lipinski definition) is 5. The van der Waals surface area contributed by atoms with Crippen LogP contribution in [0.15, 0.2) is 23.4 Å². The maximum absolute atomic E-state index is 12.6. The summed E-state index contributed by atoms with van der Waals surface area (Å²) >= 11 is 0. The maximum atomic E-state index is 12.6. The number of methoxy groups -OCH3 is 1. The smallest absolute Gasteiger partial charge is 0.339 e. The zero-order chi connectivity index (χ0) is 16.5. The highest BCUT2D eigenvalue weighted by Crippen LogP contribution is 2.35. The van der Waals surface area contributed by atoms with Gasteiger partial charge in [-0.3, -0.25) is 4.98 Å². The van der Waals surface area contributed by atoms with Crippen LogP contribution in [0.1, 0.15) is 31.1 Å². The molecule has 0 fully saturated rings. The lowest BCUT2D eigenvalue weighted by molar-refractivity contribution is 0.0596. The number of carbonyl (C=O) groups excluding carboxylic acids is 1. The van der Waals surface area contributed by atoms with Crippen LogP contribution in [0.25, 0.3) is 0 Å². The Balaban J connectivity index is 3.31. The Hall–Kier alpha value is -1.25. The van der Waals surface area contributed by atoms with Crippen molar-refractivity contribution in [3.05, 3.63) is 24.0 Å². The van der Waals surface area contributed by atoms with E-state index < -0.39 is 24.2 Å². The van der Waals surface area contributed by atoms with Gasteiger partial charge >= 0.3 is 5.97 Å². The van der Waals surface area contributed by atoms with Crippen molar-refractivity contribution in [2.75, 3.05) is 7.11 Å². The largest absolute Gasteiger partial charge is 0.465 e. The van der Waals surface area contributed by atoms with Crippen LogP contribution in [0.3, 0.4) is 0 Å². The van der Waals surface area contributed by atoms with Crippen LogP contribution in [0.2, 0.25) is 18.1 Å². The minimum atomic E-state index is -3.84. The Morgan fingerprint density at radius 3 is 2.38 bits per heavy atom. The third kappa shape index (κ3) is 3.89. The number of carbonyl (C=O) groups is 1. The first-order chi connectivity index (χ1) is 9.42. The van der Waals surface area contributed by atoms with Crippen molar-refractivity contribution in [1.82, 2.24) is 9.37 Å². The Morgan fingerprint density at radius 1 is 1.33 bits per heavy atom. The molecule has 0 aliphatic carbocycles. The van der Waals surface area contributed by atoms with Gasteiger partial charge in [-0.25, -0.2) is 17.6 Å². The number of sulfonamides is 1. The molecule has 0 aliphatic heterocycles. The molecule has 0 bridgehead atoms. The molecule has 0 radical (unpaired) electrons. The van der Waals surface area contributed by atoms with Crippen LogP contribution in [0.5, 0.6) is 0 Å². The van der Waals surface area contributed by atoms with Gasteiger partial charge in [0.15, 0.2) is 0 Å². The molecule has 1 rings (SSSR count). The number of esters is 1. The number of nitrogens with zero attached hydrogens (tertiary/aromatic N) is 1. The van der Waals surface area contributed by atoms with E-state index in [4.69, 9.17) is 0 Å². The molecule has 1 N–H and O–H groups in total. The molecule has 1 aromatic rings. The lowest BCUT2D eigenvalue weighted by atomic mass is 10.2. The van der Waals surface area contributed by atoms with Crippen LogP contribution < -0.4 is 4.39 Å². The highest BCUT2D eigenvalue weighted by atomic mass is 32.2. The van der Waals surface area contributed by atoms with E-state index in [1.54, 1.807) is 0 Å². The number of hydrogen-bond donors (Lipinski definition) is 1. The summed E-state index contributed by atoms with van der Waals surface area (Å²) in [5.74, 6) is -0.701. The fourth-order valence-electron chi connectivity index (χ4n) is 1.42. The molecule has 0 spiro atoms. The SMILES string of the molecule is COC(=O)c1ccncc1S(=O)(=O)N[Si](C)(C)C(C)(C)C. The molecule has 0 saturated carbocycles. The molecule has 118 valence electrons.